The molecule has 0 amide bonds. The highest BCUT2D eigenvalue weighted by Crippen LogP contribution is 2.50. The van der Waals surface area contributed by atoms with Crippen molar-refractivity contribution in [1.82, 2.24) is 0 Å². The molecule has 0 bridgehead atoms. The molecule has 66 heavy (non-hydrogen) atoms. The lowest BCUT2D eigenvalue weighted by molar-refractivity contribution is 1.24. The van der Waals surface area contributed by atoms with Crippen molar-refractivity contribution in [3.8, 4) is 22.3 Å². The second-order valence-corrected chi connectivity index (χ2v) is 30.4. The molecule has 0 N–H and O–H groups in total. The van der Waals surface area contributed by atoms with Gasteiger partial charge in [-0.25, -0.2) is 0 Å². The molecule has 0 radical (unpaired) electrons. The molecule has 4 heteroatoms. The van der Waals surface area contributed by atoms with Gasteiger partial charge in [0.25, 0.3) is 0 Å². The molecule has 0 heterocycles. The molecular formula is C62H60N2Si2. The van der Waals surface area contributed by atoms with Crippen molar-refractivity contribution in [3.63, 3.8) is 0 Å². The Morgan fingerprint density at radius 3 is 1.00 bits per heavy atom. The van der Waals surface area contributed by atoms with E-state index >= 15 is 0 Å². The van der Waals surface area contributed by atoms with Crippen LogP contribution in [0.4, 0.5) is 34.1 Å². The van der Waals surface area contributed by atoms with Gasteiger partial charge in [0, 0.05) is 33.5 Å². The van der Waals surface area contributed by atoms with E-state index < -0.39 is 16.1 Å². The number of rotatable bonds is 10. The highest BCUT2D eigenvalue weighted by molar-refractivity contribution is 6.91. The number of aryl methyl sites for hydroxylation is 2. The number of nitrogens with zero attached hydrogens (tertiary/aromatic N) is 2. The van der Waals surface area contributed by atoms with Gasteiger partial charge >= 0.3 is 0 Å². The summed E-state index contributed by atoms with van der Waals surface area (Å²) in [5.41, 5.74) is 17.2. The van der Waals surface area contributed by atoms with Gasteiger partial charge in [-0.3, -0.25) is 0 Å². The van der Waals surface area contributed by atoms with Crippen LogP contribution in [0.2, 0.25) is 39.3 Å². The van der Waals surface area contributed by atoms with E-state index in [0.717, 1.165) is 0 Å². The Morgan fingerprint density at radius 1 is 0.303 bits per heavy atom. The largest absolute Gasteiger partial charge is 0.309 e. The highest BCUT2D eigenvalue weighted by atomic mass is 28.3. The Morgan fingerprint density at radius 2 is 0.636 bits per heavy atom. The summed E-state index contributed by atoms with van der Waals surface area (Å²) in [6, 6.07) is 68.3. The molecule has 0 fully saturated rings. The second kappa shape index (κ2) is 16.6. The zero-order chi connectivity index (χ0) is 46.1. The Kier molecular flexibility index (Phi) is 10.9. The Labute approximate surface area is 394 Å². The third-order valence-corrected chi connectivity index (χ3v) is 18.0. The first-order valence-corrected chi connectivity index (χ1v) is 30.5. The van der Waals surface area contributed by atoms with E-state index in [2.05, 4.69) is 259 Å². The molecular weight excluding hydrogens is 829 g/mol. The first-order valence-electron chi connectivity index (χ1n) is 23.5. The van der Waals surface area contributed by atoms with E-state index in [9.17, 15) is 0 Å². The maximum absolute atomic E-state index is 2.59. The zero-order valence-electron chi connectivity index (χ0n) is 40.2. The molecule has 326 valence electrons. The summed E-state index contributed by atoms with van der Waals surface area (Å²) >= 11 is 0. The van der Waals surface area contributed by atoms with E-state index in [1.54, 1.807) is 0 Å². The molecule has 0 atom stereocenters. The molecule has 10 rings (SSSR count). The number of anilines is 6. The van der Waals surface area contributed by atoms with Crippen LogP contribution in [0.1, 0.15) is 22.3 Å². The molecule has 0 spiro atoms. The van der Waals surface area contributed by atoms with Crippen LogP contribution in [-0.4, -0.2) is 16.1 Å². The minimum absolute atomic E-state index is 1.20. The molecule has 0 aliphatic heterocycles. The fourth-order valence-corrected chi connectivity index (χ4v) is 13.7. The smallest absolute Gasteiger partial charge is 0.0785 e. The summed E-state index contributed by atoms with van der Waals surface area (Å²) in [6.07, 6.45) is 0. The van der Waals surface area contributed by atoms with Crippen LogP contribution in [0.5, 0.6) is 0 Å². The van der Waals surface area contributed by atoms with Gasteiger partial charge in [-0.2, -0.15) is 0 Å². The summed E-state index contributed by atoms with van der Waals surface area (Å²) in [5, 5.41) is 11.0. The van der Waals surface area contributed by atoms with Crippen LogP contribution < -0.4 is 20.2 Å². The van der Waals surface area contributed by atoms with E-state index in [1.807, 2.05) is 0 Å². The number of para-hydroxylation sites is 2. The first-order chi connectivity index (χ1) is 31.7. The van der Waals surface area contributed by atoms with Gasteiger partial charge in [0.05, 0.1) is 27.5 Å². The molecule has 2 nitrogen and oxygen atoms in total. The van der Waals surface area contributed by atoms with Gasteiger partial charge in [0.1, 0.15) is 0 Å². The molecule has 0 saturated carbocycles. The minimum Gasteiger partial charge on any atom is -0.309 e. The van der Waals surface area contributed by atoms with Crippen LogP contribution in [0.25, 0.3) is 54.6 Å². The van der Waals surface area contributed by atoms with Crippen molar-refractivity contribution in [2.24, 2.45) is 0 Å². The van der Waals surface area contributed by atoms with Crippen molar-refractivity contribution >= 4 is 93.0 Å². The van der Waals surface area contributed by atoms with Crippen molar-refractivity contribution in [1.29, 1.82) is 0 Å². The van der Waals surface area contributed by atoms with Crippen LogP contribution in [0.3, 0.4) is 0 Å². The Hall–Kier alpha value is -6.73. The van der Waals surface area contributed by atoms with Crippen LogP contribution in [0.15, 0.2) is 182 Å². The summed E-state index contributed by atoms with van der Waals surface area (Å²) in [6.45, 7) is 24.2. The summed E-state index contributed by atoms with van der Waals surface area (Å²) in [5.74, 6) is 0. The quantitative estimate of drug-likeness (QED) is 0.0997. The van der Waals surface area contributed by atoms with Crippen molar-refractivity contribution < 1.29 is 0 Å². The van der Waals surface area contributed by atoms with Crippen LogP contribution in [-0.2, 0) is 0 Å². The Bertz CT molecular complexity index is 3200. The van der Waals surface area contributed by atoms with E-state index in [0.29, 0.717) is 0 Å². The molecule has 0 aliphatic carbocycles. The number of hydrogen-bond donors (Lipinski definition) is 0. The molecule has 0 aromatic heterocycles. The Balaban J connectivity index is 1.35. The van der Waals surface area contributed by atoms with Gasteiger partial charge in [-0.1, -0.05) is 195 Å². The standard InChI is InChI=1S/C62H60N2Si2/c1-41-23-17-19-31-53(41)63(55-33-21-29-47(43(55)3)45-25-13-11-14-26-45)57-39-59(65(5,6)7)51-38-36-50-58(40-60(66(8,9)10)52-37-35-49(57)61(51)62(50)52)64(54-32-20-18-24-42(54)2)56-34-22-30-48(44(56)4)46-27-15-12-16-28-46/h11-40H,1-10H3. The average Bonchev–Trinajstić information content (AvgIpc) is 3.30. The predicted octanol–water partition coefficient (Wildman–Crippen LogP) is 17.2. The van der Waals surface area contributed by atoms with Gasteiger partial charge in [0.15, 0.2) is 0 Å². The van der Waals surface area contributed by atoms with Crippen molar-refractivity contribution in [2.45, 2.75) is 67.0 Å². The van der Waals surface area contributed by atoms with Crippen LogP contribution >= 0.6 is 0 Å². The SMILES string of the molecule is Cc1ccccc1N(c1cccc(-c2ccccc2)c1C)c1cc([Si](C)(C)C)c2ccc3c(N(c4ccccc4C)c4cccc(-c5ccccc5)c4C)cc([Si](C)(C)C)c4ccc1c2c34. The second-order valence-electron chi connectivity index (χ2n) is 20.3. The van der Waals surface area contributed by atoms with E-state index in [4.69, 9.17) is 0 Å². The third kappa shape index (κ3) is 7.33. The van der Waals surface area contributed by atoms with E-state index in [-0.39, 0.29) is 0 Å². The fraction of sp³-hybridized carbons (Fsp3) is 0.161. The summed E-state index contributed by atoms with van der Waals surface area (Å²) in [7, 11) is -3.94. The topological polar surface area (TPSA) is 6.48 Å². The van der Waals surface area contributed by atoms with Crippen LogP contribution in [0, 0.1) is 27.7 Å². The maximum Gasteiger partial charge on any atom is 0.0785 e. The summed E-state index contributed by atoms with van der Waals surface area (Å²) in [4.78, 5) is 5.18. The van der Waals surface area contributed by atoms with E-state index in [1.165, 1.54) is 121 Å². The van der Waals surface area contributed by atoms with Crippen molar-refractivity contribution in [2.75, 3.05) is 9.80 Å². The lowest BCUT2D eigenvalue weighted by atomic mass is 9.90. The molecule has 0 saturated heterocycles. The molecule has 10 aromatic rings. The predicted molar refractivity (Wildman–Crippen MR) is 295 cm³/mol. The normalized spacial score (nSPS) is 12.1. The number of benzene rings is 10. The van der Waals surface area contributed by atoms with Gasteiger partial charge in [-0.15, -0.1) is 0 Å². The lowest BCUT2D eigenvalue weighted by Crippen LogP contribution is -2.39. The zero-order valence-corrected chi connectivity index (χ0v) is 42.2. The monoisotopic (exact) mass is 888 g/mol. The average molecular weight is 889 g/mol. The van der Waals surface area contributed by atoms with Gasteiger partial charge in [-0.05, 0) is 130 Å². The highest BCUT2D eigenvalue weighted by Gasteiger charge is 2.32. The third-order valence-electron chi connectivity index (χ3n) is 13.9. The van der Waals surface area contributed by atoms with Gasteiger partial charge in [0.2, 0.25) is 0 Å². The first kappa shape index (κ1) is 43.2. The maximum atomic E-state index is 2.59. The molecule has 0 aliphatic rings. The molecule has 0 unspecified atom stereocenters. The molecule has 10 aromatic carbocycles. The fourth-order valence-electron chi connectivity index (χ4n) is 10.6. The summed E-state index contributed by atoms with van der Waals surface area (Å²) < 4.78 is 0. The number of hydrogen-bond acceptors (Lipinski definition) is 2. The van der Waals surface area contributed by atoms with Gasteiger partial charge < -0.3 is 9.80 Å². The van der Waals surface area contributed by atoms with Crippen molar-refractivity contribution in [3.05, 3.63) is 204 Å². The minimum atomic E-state index is -1.97. The lowest BCUT2D eigenvalue weighted by Gasteiger charge is -2.35.